The smallest absolute Gasteiger partial charge is 0.223 e. The Morgan fingerprint density at radius 3 is 2.67 bits per heavy atom. The van der Waals surface area contributed by atoms with Gasteiger partial charge >= 0.3 is 0 Å². The molecule has 0 aliphatic heterocycles. The molecule has 1 aliphatic rings. The van der Waals surface area contributed by atoms with Gasteiger partial charge in [0.05, 0.1) is 12.5 Å². The molecule has 0 radical (unpaired) electrons. The summed E-state index contributed by atoms with van der Waals surface area (Å²) in [6, 6.07) is 2.10. The van der Waals surface area contributed by atoms with Crippen molar-refractivity contribution in [3.63, 3.8) is 0 Å². The molecule has 0 N–H and O–H groups in total. The zero-order chi connectivity index (χ0) is 11.5. The van der Waals surface area contributed by atoms with Crippen LogP contribution in [0.15, 0.2) is 0 Å². The molecule has 0 bridgehead atoms. The van der Waals surface area contributed by atoms with Crippen molar-refractivity contribution in [1.82, 2.24) is 4.90 Å². The molecule has 0 saturated heterocycles. The summed E-state index contributed by atoms with van der Waals surface area (Å²) in [6.07, 6.45) is 3.21. The van der Waals surface area contributed by atoms with Crippen molar-refractivity contribution in [2.24, 2.45) is 5.41 Å². The third-order valence-corrected chi connectivity index (χ3v) is 3.93. The van der Waals surface area contributed by atoms with E-state index in [4.69, 9.17) is 5.26 Å². The van der Waals surface area contributed by atoms with Crippen LogP contribution in [0.1, 0.15) is 32.6 Å². The van der Waals surface area contributed by atoms with Gasteiger partial charge in [-0.25, -0.2) is 0 Å². The van der Waals surface area contributed by atoms with Crippen LogP contribution in [0, 0.1) is 16.7 Å². The fraction of sp³-hybridized carbons (Fsp3) is 0.818. The van der Waals surface area contributed by atoms with E-state index in [-0.39, 0.29) is 17.4 Å². The minimum absolute atomic E-state index is 0.0122. The largest absolute Gasteiger partial charge is 0.342 e. The highest BCUT2D eigenvalue weighted by molar-refractivity contribution is 7.80. The molecular weight excluding hydrogens is 208 g/mol. The highest BCUT2D eigenvalue weighted by atomic mass is 32.1. The van der Waals surface area contributed by atoms with E-state index in [1.165, 1.54) is 0 Å². The highest BCUT2D eigenvalue weighted by Gasteiger charge is 2.43. The van der Waals surface area contributed by atoms with Crippen molar-refractivity contribution < 1.29 is 4.79 Å². The van der Waals surface area contributed by atoms with E-state index in [9.17, 15) is 4.79 Å². The van der Waals surface area contributed by atoms with Gasteiger partial charge in [0.25, 0.3) is 0 Å². The second kappa shape index (κ2) is 4.89. The number of carbonyl (C=O) groups is 1. The molecule has 1 rings (SSSR count). The lowest BCUT2D eigenvalue weighted by atomic mass is 10.0. The second-order valence-electron chi connectivity index (χ2n) is 4.55. The van der Waals surface area contributed by atoms with Crippen LogP contribution >= 0.6 is 12.6 Å². The zero-order valence-electron chi connectivity index (χ0n) is 9.36. The average molecular weight is 226 g/mol. The number of hydrogen-bond acceptors (Lipinski definition) is 3. The molecule has 0 aromatic heterocycles. The van der Waals surface area contributed by atoms with E-state index >= 15 is 0 Å². The predicted molar refractivity (Wildman–Crippen MR) is 62.6 cm³/mol. The van der Waals surface area contributed by atoms with Crippen LogP contribution < -0.4 is 0 Å². The molecular formula is C11H18N2OS. The zero-order valence-corrected chi connectivity index (χ0v) is 10.3. The van der Waals surface area contributed by atoms with Gasteiger partial charge in [-0.2, -0.15) is 17.9 Å². The summed E-state index contributed by atoms with van der Waals surface area (Å²) in [6.45, 7) is 1.90. The average Bonchev–Trinajstić information content (AvgIpc) is 2.97. The lowest BCUT2D eigenvalue weighted by Gasteiger charge is -2.25. The quantitative estimate of drug-likeness (QED) is 0.727. The third kappa shape index (κ3) is 3.13. The maximum absolute atomic E-state index is 11.9. The summed E-state index contributed by atoms with van der Waals surface area (Å²) >= 11 is 4.28. The summed E-state index contributed by atoms with van der Waals surface area (Å²) in [5, 5.41) is 8.56. The van der Waals surface area contributed by atoms with E-state index in [0.29, 0.717) is 12.8 Å². The fourth-order valence-corrected chi connectivity index (χ4v) is 1.96. The Balaban J connectivity index is 2.43. The first-order valence-electron chi connectivity index (χ1n) is 5.28. The fourth-order valence-electron chi connectivity index (χ4n) is 1.53. The van der Waals surface area contributed by atoms with E-state index in [1.54, 1.807) is 11.9 Å². The lowest BCUT2D eigenvalue weighted by molar-refractivity contribution is -0.132. The van der Waals surface area contributed by atoms with E-state index in [2.05, 4.69) is 18.7 Å². The standard InChI is InChI=1S/C11H18N2OS/c1-9(3-6-12)13(2)10(14)7-11(8-15)4-5-11/h9,15H,3-5,7-8H2,1-2H3. The molecule has 1 unspecified atom stereocenters. The molecule has 0 aromatic rings. The second-order valence-corrected chi connectivity index (χ2v) is 4.87. The Labute approximate surface area is 96.9 Å². The highest BCUT2D eigenvalue weighted by Crippen LogP contribution is 2.49. The molecule has 1 fully saturated rings. The van der Waals surface area contributed by atoms with Gasteiger partial charge in [0.1, 0.15) is 0 Å². The molecule has 1 atom stereocenters. The molecule has 15 heavy (non-hydrogen) atoms. The molecule has 4 heteroatoms. The normalized spacial score (nSPS) is 19.1. The van der Waals surface area contributed by atoms with Crippen molar-refractivity contribution in [2.75, 3.05) is 12.8 Å². The van der Waals surface area contributed by atoms with Gasteiger partial charge in [-0.15, -0.1) is 0 Å². The van der Waals surface area contributed by atoms with Crippen molar-refractivity contribution in [3.05, 3.63) is 0 Å². The molecule has 3 nitrogen and oxygen atoms in total. The van der Waals surface area contributed by atoms with E-state index in [0.717, 1.165) is 18.6 Å². The first-order valence-corrected chi connectivity index (χ1v) is 5.91. The molecule has 1 aliphatic carbocycles. The Morgan fingerprint density at radius 2 is 2.27 bits per heavy atom. The van der Waals surface area contributed by atoms with Gasteiger partial charge in [-0.3, -0.25) is 4.79 Å². The number of rotatable bonds is 5. The minimum Gasteiger partial charge on any atom is -0.342 e. The van der Waals surface area contributed by atoms with Crippen LogP contribution in [0.4, 0.5) is 0 Å². The van der Waals surface area contributed by atoms with Crippen molar-refractivity contribution in [1.29, 1.82) is 5.26 Å². The summed E-state index contributed by atoms with van der Waals surface area (Å²) in [5.74, 6) is 0.934. The van der Waals surface area contributed by atoms with Gasteiger partial charge in [-0.05, 0) is 30.9 Å². The summed E-state index contributed by atoms with van der Waals surface area (Å²) in [7, 11) is 1.78. The third-order valence-electron chi connectivity index (χ3n) is 3.26. The minimum atomic E-state index is 0.0122. The van der Waals surface area contributed by atoms with Crippen LogP contribution in [0.5, 0.6) is 0 Å². The van der Waals surface area contributed by atoms with Gasteiger partial charge in [0.15, 0.2) is 0 Å². The van der Waals surface area contributed by atoms with E-state index < -0.39 is 0 Å². The monoisotopic (exact) mass is 226 g/mol. The lowest BCUT2D eigenvalue weighted by Crippen LogP contribution is -2.36. The van der Waals surface area contributed by atoms with Crippen LogP contribution in [0.25, 0.3) is 0 Å². The van der Waals surface area contributed by atoms with Crippen LogP contribution in [0.2, 0.25) is 0 Å². The van der Waals surface area contributed by atoms with Crippen molar-refractivity contribution in [2.45, 2.75) is 38.6 Å². The number of amides is 1. The summed E-state index contributed by atoms with van der Waals surface area (Å²) in [5.41, 5.74) is 0.167. The topological polar surface area (TPSA) is 44.1 Å². The van der Waals surface area contributed by atoms with Crippen LogP contribution in [-0.4, -0.2) is 29.6 Å². The van der Waals surface area contributed by atoms with Crippen LogP contribution in [0.3, 0.4) is 0 Å². The van der Waals surface area contributed by atoms with Gasteiger partial charge in [-0.1, -0.05) is 0 Å². The number of hydrogen-bond donors (Lipinski definition) is 1. The Bertz CT molecular complexity index is 281. The molecule has 0 aromatic carbocycles. The van der Waals surface area contributed by atoms with Gasteiger partial charge in [0.2, 0.25) is 5.91 Å². The van der Waals surface area contributed by atoms with Crippen molar-refractivity contribution in [3.8, 4) is 6.07 Å². The van der Waals surface area contributed by atoms with Crippen LogP contribution in [-0.2, 0) is 4.79 Å². The SMILES string of the molecule is CC(CC#N)N(C)C(=O)CC1(CS)CC1. The van der Waals surface area contributed by atoms with Gasteiger partial charge < -0.3 is 4.90 Å². The Morgan fingerprint density at radius 1 is 1.67 bits per heavy atom. The number of thiol groups is 1. The maximum atomic E-state index is 11.9. The van der Waals surface area contributed by atoms with Crippen molar-refractivity contribution >= 4 is 18.5 Å². The summed E-state index contributed by atoms with van der Waals surface area (Å²) < 4.78 is 0. The van der Waals surface area contributed by atoms with Gasteiger partial charge in [0, 0.05) is 19.5 Å². The predicted octanol–water partition coefficient (Wildman–Crippen LogP) is 1.85. The summed E-state index contributed by atoms with van der Waals surface area (Å²) in [4.78, 5) is 13.5. The number of carbonyl (C=O) groups excluding carboxylic acids is 1. The molecule has 1 amide bonds. The first kappa shape index (κ1) is 12.4. The number of nitriles is 1. The number of nitrogens with zero attached hydrogens (tertiary/aromatic N) is 2. The Hall–Kier alpha value is -0.690. The maximum Gasteiger partial charge on any atom is 0.223 e. The first-order chi connectivity index (χ1) is 7.04. The Kier molecular flexibility index (Phi) is 4.04. The molecule has 0 heterocycles. The van der Waals surface area contributed by atoms with E-state index in [1.807, 2.05) is 6.92 Å². The molecule has 84 valence electrons. The molecule has 1 saturated carbocycles. The molecule has 0 spiro atoms.